The first-order valence-electron chi connectivity index (χ1n) is 8.56. The zero-order valence-corrected chi connectivity index (χ0v) is 15.3. The third-order valence-corrected chi connectivity index (χ3v) is 4.09. The van der Waals surface area contributed by atoms with Gasteiger partial charge in [-0.05, 0) is 47.0 Å². The highest BCUT2D eigenvalue weighted by Crippen LogP contribution is 2.28. The third-order valence-electron chi connectivity index (χ3n) is 4.09. The van der Waals surface area contributed by atoms with Gasteiger partial charge in [0.2, 0.25) is 5.91 Å². The standard InChI is InChI=1S/C23H21NO3/c1-26-21-14-8-17(16-22(21)27-2)9-15-23(25)24-20-12-10-19(11-13-20)18-6-4-3-5-7-18/h3-16H,1-2H3,(H,24,25)/b15-9+. The molecule has 0 atom stereocenters. The Bertz CT molecular complexity index is 932. The minimum atomic E-state index is -0.197. The van der Waals surface area contributed by atoms with Gasteiger partial charge in [-0.2, -0.15) is 0 Å². The van der Waals surface area contributed by atoms with E-state index in [2.05, 4.69) is 17.4 Å². The first kappa shape index (κ1) is 18.3. The van der Waals surface area contributed by atoms with Gasteiger partial charge < -0.3 is 14.8 Å². The highest BCUT2D eigenvalue weighted by Gasteiger charge is 2.04. The lowest BCUT2D eigenvalue weighted by molar-refractivity contribution is -0.111. The Morgan fingerprint density at radius 3 is 2.15 bits per heavy atom. The molecular formula is C23H21NO3. The van der Waals surface area contributed by atoms with Crippen LogP contribution in [-0.4, -0.2) is 20.1 Å². The highest BCUT2D eigenvalue weighted by atomic mass is 16.5. The number of benzene rings is 3. The zero-order valence-electron chi connectivity index (χ0n) is 15.3. The zero-order chi connectivity index (χ0) is 19.1. The lowest BCUT2D eigenvalue weighted by Crippen LogP contribution is -2.07. The van der Waals surface area contributed by atoms with Gasteiger partial charge in [0.1, 0.15) is 0 Å². The Morgan fingerprint density at radius 1 is 0.815 bits per heavy atom. The summed E-state index contributed by atoms with van der Waals surface area (Å²) in [6.45, 7) is 0. The Hall–Kier alpha value is -3.53. The first-order valence-corrected chi connectivity index (χ1v) is 8.56. The Morgan fingerprint density at radius 2 is 1.48 bits per heavy atom. The van der Waals surface area contributed by atoms with Crippen molar-refractivity contribution in [3.8, 4) is 22.6 Å². The molecule has 0 saturated carbocycles. The summed E-state index contributed by atoms with van der Waals surface area (Å²) in [6, 6.07) is 23.4. The molecule has 0 saturated heterocycles. The van der Waals surface area contributed by atoms with Crippen molar-refractivity contribution in [3.05, 3.63) is 84.4 Å². The fraction of sp³-hybridized carbons (Fsp3) is 0.0870. The Balaban J connectivity index is 1.64. The lowest BCUT2D eigenvalue weighted by Gasteiger charge is -2.07. The van der Waals surface area contributed by atoms with Gasteiger partial charge in [0.15, 0.2) is 11.5 Å². The van der Waals surface area contributed by atoms with Crippen molar-refractivity contribution >= 4 is 17.7 Å². The molecule has 136 valence electrons. The molecule has 0 aliphatic heterocycles. The molecule has 0 unspecified atom stereocenters. The summed E-state index contributed by atoms with van der Waals surface area (Å²) in [5, 5.41) is 2.86. The number of hydrogen-bond acceptors (Lipinski definition) is 3. The van der Waals surface area contributed by atoms with Crippen molar-refractivity contribution in [2.24, 2.45) is 0 Å². The van der Waals surface area contributed by atoms with Gasteiger partial charge in [0.05, 0.1) is 14.2 Å². The summed E-state index contributed by atoms with van der Waals surface area (Å²) in [5.41, 5.74) is 3.84. The van der Waals surface area contributed by atoms with Crippen molar-refractivity contribution in [3.63, 3.8) is 0 Å². The van der Waals surface area contributed by atoms with E-state index in [9.17, 15) is 4.79 Å². The molecule has 0 aliphatic carbocycles. The molecule has 0 aromatic heterocycles. The summed E-state index contributed by atoms with van der Waals surface area (Å²) >= 11 is 0. The van der Waals surface area contributed by atoms with E-state index in [0.29, 0.717) is 11.5 Å². The van der Waals surface area contributed by atoms with E-state index in [4.69, 9.17) is 9.47 Å². The van der Waals surface area contributed by atoms with E-state index in [1.54, 1.807) is 26.4 Å². The predicted octanol–water partition coefficient (Wildman–Crippen LogP) is 5.02. The fourth-order valence-electron chi connectivity index (χ4n) is 2.69. The van der Waals surface area contributed by atoms with Crippen LogP contribution in [0.2, 0.25) is 0 Å². The van der Waals surface area contributed by atoms with Crippen LogP contribution >= 0.6 is 0 Å². The summed E-state index contributed by atoms with van der Waals surface area (Å²) < 4.78 is 10.5. The Kier molecular flexibility index (Phi) is 5.90. The highest BCUT2D eigenvalue weighted by molar-refractivity contribution is 6.02. The van der Waals surface area contributed by atoms with Gasteiger partial charge in [-0.25, -0.2) is 0 Å². The minimum Gasteiger partial charge on any atom is -0.493 e. The number of anilines is 1. The van der Waals surface area contributed by atoms with E-state index in [1.807, 2.05) is 54.6 Å². The molecule has 4 nitrogen and oxygen atoms in total. The molecule has 3 aromatic carbocycles. The number of hydrogen-bond donors (Lipinski definition) is 1. The van der Waals surface area contributed by atoms with E-state index >= 15 is 0 Å². The molecular weight excluding hydrogens is 338 g/mol. The molecule has 0 radical (unpaired) electrons. The van der Waals surface area contributed by atoms with Crippen LogP contribution in [0, 0.1) is 0 Å². The summed E-state index contributed by atoms with van der Waals surface area (Å²) in [7, 11) is 3.17. The maximum atomic E-state index is 12.2. The average Bonchev–Trinajstić information content (AvgIpc) is 2.73. The molecule has 0 fully saturated rings. The second-order valence-corrected chi connectivity index (χ2v) is 5.88. The van der Waals surface area contributed by atoms with Gasteiger partial charge in [-0.3, -0.25) is 4.79 Å². The number of rotatable bonds is 6. The van der Waals surface area contributed by atoms with Crippen LogP contribution < -0.4 is 14.8 Å². The second kappa shape index (κ2) is 8.72. The second-order valence-electron chi connectivity index (χ2n) is 5.88. The van der Waals surface area contributed by atoms with Crippen LogP contribution in [-0.2, 0) is 4.79 Å². The van der Waals surface area contributed by atoms with Gasteiger partial charge in [-0.1, -0.05) is 48.5 Å². The van der Waals surface area contributed by atoms with Crippen molar-refractivity contribution in [2.45, 2.75) is 0 Å². The van der Waals surface area contributed by atoms with E-state index in [-0.39, 0.29) is 5.91 Å². The molecule has 27 heavy (non-hydrogen) atoms. The predicted molar refractivity (Wildman–Crippen MR) is 109 cm³/mol. The summed E-state index contributed by atoms with van der Waals surface area (Å²) in [4.78, 5) is 12.2. The molecule has 0 heterocycles. The molecule has 0 spiro atoms. The van der Waals surface area contributed by atoms with E-state index in [0.717, 1.165) is 22.4 Å². The van der Waals surface area contributed by atoms with Gasteiger partial charge in [0.25, 0.3) is 0 Å². The van der Waals surface area contributed by atoms with Crippen molar-refractivity contribution < 1.29 is 14.3 Å². The molecule has 4 heteroatoms. The molecule has 0 bridgehead atoms. The molecule has 1 N–H and O–H groups in total. The average molecular weight is 359 g/mol. The van der Waals surface area contributed by atoms with Crippen molar-refractivity contribution in [1.82, 2.24) is 0 Å². The van der Waals surface area contributed by atoms with Crippen LogP contribution in [0.5, 0.6) is 11.5 Å². The van der Waals surface area contributed by atoms with E-state index < -0.39 is 0 Å². The van der Waals surface area contributed by atoms with Crippen molar-refractivity contribution in [2.75, 3.05) is 19.5 Å². The first-order chi connectivity index (χ1) is 13.2. The third kappa shape index (κ3) is 4.76. The van der Waals surface area contributed by atoms with Crippen LogP contribution in [0.4, 0.5) is 5.69 Å². The maximum absolute atomic E-state index is 12.2. The largest absolute Gasteiger partial charge is 0.493 e. The SMILES string of the molecule is COc1ccc(/C=C/C(=O)Nc2ccc(-c3ccccc3)cc2)cc1OC. The van der Waals surface area contributed by atoms with E-state index in [1.165, 1.54) is 6.08 Å². The molecule has 0 aliphatic rings. The number of ether oxygens (including phenoxy) is 2. The normalized spacial score (nSPS) is 10.6. The van der Waals surface area contributed by atoms with Gasteiger partial charge in [0, 0.05) is 11.8 Å². The number of nitrogens with one attached hydrogen (secondary N) is 1. The van der Waals surface area contributed by atoms with Crippen LogP contribution in [0.1, 0.15) is 5.56 Å². The molecule has 3 aromatic rings. The monoisotopic (exact) mass is 359 g/mol. The lowest BCUT2D eigenvalue weighted by atomic mass is 10.1. The minimum absolute atomic E-state index is 0.197. The number of methoxy groups -OCH3 is 2. The van der Waals surface area contributed by atoms with Gasteiger partial charge in [-0.15, -0.1) is 0 Å². The number of amides is 1. The van der Waals surface area contributed by atoms with Crippen LogP contribution in [0.3, 0.4) is 0 Å². The fourth-order valence-corrected chi connectivity index (χ4v) is 2.69. The summed E-state index contributed by atoms with van der Waals surface area (Å²) in [6.07, 6.45) is 3.22. The Labute approximate surface area is 159 Å². The van der Waals surface area contributed by atoms with Crippen LogP contribution in [0.25, 0.3) is 17.2 Å². The van der Waals surface area contributed by atoms with Crippen molar-refractivity contribution in [1.29, 1.82) is 0 Å². The quantitative estimate of drug-likeness (QED) is 0.629. The number of carbonyl (C=O) groups is 1. The number of carbonyl (C=O) groups excluding carboxylic acids is 1. The maximum Gasteiger partial charge on any atom is 0.248 e. The smallest absolute Gasteiger partial charge is 0.248 e. The van der Waals surface area contributed by atoms with Crippen LogP contribution in [0.15, 0.2) is 78.9 Å². The topological polar surface area (TPSA) is 47.6 Å². The molecule has 1 amide bonds. The van der Waals surface area contributed by atoms with Gasteiger partial charge >= 0.3 is 0 Å². The molecule has 3 rings (SSSR count). The summed E-state index contributed by atoms with van der Waals surface area (Å²) in [5.74, 6) is 1.08.